The van der Waals surface area contributed by atoms with Crippen molar-refractivity contribution >= 4 is 0 Å². The maximum Gasteiger partial charge on any atom is 0.283 e. The van der Waals surface area contributed by atoms with Crippen LogP contribution in [0.3, 0.4) is 0 Å². The van der Waals surface area contributed by atoms with Crippen LogP contribution in [-0.4, -0.2) is 22.1 Å². The Hall–Kier alpha value is -2.09. The van der Waals surface area contributed by atoms with Gasteiger partial charge in [0.2, 0.25) is 0 Å². The number of rotatable bonds is 4. The molecule has 0 amide bonds. The van der Waals surface area contributed by atoms with Crippen molar-refractivity contribution in [1.29, 1.82) is 0 Å². The first-order valence-corrected chi connectivity index (χ1v) is 5.34. The minimum Gasteiger partial charge on any atom is -0.494 e. The van der Waals surface area contributed by atoms with Crippen LogP contribution in [0.2, 0.25) is 0 Å². The van der Waals surface area contributed by atoms with Gasteiger partial charge in [-0.15, -0.1) is 5.10 Å². The molecule has 1 aromatic heterocycles. The number of nitrogens with two attached hydrogens (primary N) is 1. The third-order valence-electron chi connectivity index (χ3n) is 2.59. The number of nitrogens with zero attached hydrogens (tertiary/aromatic N) is 3. The number of aromatic nitrogens is 3. The number of hydrogen-bond donors (Lipinski definition) is 1. The van der Waals surface area contributed by atoms with Crippen molar-refractivity contribution in [2.75, 3.05) is 7.11 Å². The van der Waals surface area contributed by atoms with Gasteiger partial charge in [0, 0.05) is 12.1 Å². The molecule has 102 valence electrons. The van der Waals surface area contributed by atoms with Gasteiger partial charge < -0.3 is 10.5 Å². The third-order valence-corrected chi connectivity index (χ3v) is 2.59. The third kappa shape index (κ3) is 2.39. The van der Waals surface area contributed by atoms with Crippen LogP contribution in [0, 0.1) is 5.82 Å². The molecule has 1 heterocycles. The number of benzene rings is 1. The zero-order valence-electron chi connectivity index (χ0n) is 9.98. The second kappa shape index (κ2) is 5.27. The first kappa shape index (κ1) is 13.3. The molecule has 2 N–H and O–H groups in total. The normalized spacial score (nSPS) is 11.1. The van der Waals surface area contributed by atoms with Gasteiger partial charge >= 0.3 is 0 Å². The van der Waals surface area contributed by atoms with Crippen LogP contribution in [0.5, 0.6) is 5.75 Å². The Morgan fingerprint density at radius 1 is 1.42 bits per heavy atom. The van der Waals surface area contributed by atoms with Crippen molar-refractivity contribution in [3.05, 3.63) is 35.4 Å². The smallest absolute Gasteiger partial charge is 0.283 e. The second-order valence-corrected chi connectivity index (χ2v) is 3.67. The summed E-state index contributed by atoms with van der Waals surface area (Å²) in [5.74, 6) is -0.616. The van der Waals surface area contributed by atoms with Crippen LogP contribution in [0.4, 0.5) is 13.2 Å². The fraction of sp³-hybridized carbons (Fsp3) is 0.273. The van der Waals surface area contributed by atoms with E-state index in [0.717, 1.165) is 10.9 Å². The average molecular weight is 272 g/mol. The van der Waals surface area contributed by atoms with Gasteiger partial charge in [0.15, 0.2) is 11.6 Å². The summed E-state index contributed by atoms with van der Waals surface area (Å²) in [4.78, 5) is 0. The van der Waals surface area contributed by atoms with Gasteiger partial charge in [-0.05, 0) is 12.1 Å². The summed E-state index contributed by atoms with van der Waals surface area (Å²) in [6, 6.07) is 2.85. The maximum atomic E-state index is 14.0. The number of alkyl halides is 2. The molecule has 19 heavy (non-hydrogen) atoms. The minimum absolute atomic E-state index is 0.0263. The Morgan fingerprint density at radius 2 is 2.16 bits per heavy atom. The average Bonchev–Trinajstić information content (AvgIpc) is 2.87. The van der Waals surface area contributed by atoms with E-state index in [2.05, 4.69) is 10.3 Å². The quantitative estimate of drug-likeness (QED) is 0.921. The van der Waals surface area contributed by atoms with E-state index in [-0.39, 0.29) is 23.5 Å². The molecule has 0 unspecified atom stereocenters. The molecule has 8 heteroatoms. The zero-order valence-corrected chi connectivity index (χ0v) is 9.98. The van der Waals surface area contributed by atoms with Gasteiger partial charge in [-0.3, -0.25) is 0 Å². The Bertz CT molecular complexity index is 585. The lowest BCUT2D eigenvalue weighted by Gasteiger charge is -2.11. The summed E-state index contributed by atoms with van der Waals surface area (Å²) >= 11 is 0. The molecule has 0 fully saturated rings. The predicted molar refractivity (Wildman–Crippen MR) is 60.7 cm³/mol. The van der Waals surface area contributed by atoms with Gasteiger partial charge in [0.1, 0.15) is 5.69 Å². The lowest BCUT2D eigenvalue weighted by atomic mass is 10.1. The van der Waals surface area contributed by atoms with Crippen molar-refractivity contribution in [2.24, 2.45) is 5.73 Å². The molecular formula is C11H11F3N4O. The lowest BCUT2D eigenvalue weighted by molar-refractivity contribution is 0.146. The molecule has 0 aliphatic heterocycles. The Balaban J connectivity index is 2.52. The van der Waals surface area contributed by atoms with E-state index < -0.39 is 17.9 Å². The summed E-state index contributed by atoms with van der Waals surface area (Å²) in [6.45, 7) is -0.123. The van der Waals surface area contributed by atoms with Crippen LogP contribution in [-0.2, 0) is 6.54 Å². The molecule has 0 bridgehead atoms. The zero-order chi connectivity index (χ0) is 14.0. The highest BCUT2D eigenvalue weighted by Crippen LogP contribution is 2.26. The standard InChI is InChI=1S/C11H11F3N4O/c1-19-9-3-2-8(6(4-15)10(9)12)18-5-7(11(13)14)16-17-18/h2-3,5,11H,4,15H2,1H3. The molecule has 0 aliphatic carbocycles. The Kier molecular flexibility index (Phi) is 3.70. The predicted octanol–water partition coefficient (Wildman–Crippen LogP) is 1.81. The molecule has 2 aromatic rings. The molecule has 1 aromatic carbocycles. The van der Waals surface area contributed by atoms with Crippen molar-refractivity contribution in [3.63, 3.8) is 0 Å². The highest BCUT2D eigenvalue weighted by Gasteiger charge is 2.17. The largest absolute Gasteiger partial charge is 0.494 e. The number of halogens is 3. The lowest BCUT2D eigenvalue weighted by Crippen LogP contribution is -2.09. The second-order valence-electron chi connectivity index (χ2n) is 3.67. The Morgan fingerprint density at radius 3 is 2.68 bits per heavy atom. The fourth-order valence-corrected chi connectivity index (χ4v) is 1.65. The van der Waals surface area contributed by atoms with Crippen LogP contribution >= 0.6 is 0 Å². The summed E-state index contributed by atoms with van der Waals surface area (Å²) < 4.78 is 44.7. The van der Waals surface area contributed by atoms with Gasteiger partial charge in [-0.2, -0.15) is 0 Å². The summed E-state index contributed by atoms with van der Waals surface area (Å²) in [6.07, 6.45) is -1.70. The van der Waals surface area contributed by atoms with Crippen molar-refractivity contribution in [2.45, 2.75) is 13.0 Å². The molecule has 0 aliphatic rings. The van der Waals surface area contributed by atoms with Crippen molar-refractivity contribution in [1.82, 2.24) is 15.0 Å². The first-order valence-electron chi connectivity index (χ1n) is 5.34. The summed E-state index contributed by atoms with van der Waals surface area (Å²) in [5, 5.41) is 6.84. The van der Waals surface area contributed by atoms with Crippen LogP contribution in [0.1, 0.15) is 17.7 Å². The van der Waals surface area contributed by atoms with Crippen LogP contribution in [0.25, 0.3) is 5.69 Å². The number of methoxy groups -OCH3 is 1. The van der Waals surface area contributed by atoms with Gasteiger partial charge in [-0.1, -0.05) is 5.21 Å². The highest BCUT2D eigenvalue weighted by atomic mass is 19.3. The monoisotopic (exact) mass is 272 g/mol. The van der Waals surface area contributed by atoms with Crippen LogP contribution in [0.15, 0.2) is 18.3 Å². The van der Waals surface area contributed by atoms with E-state index in [1.54, 1.807) is 0 Å². The number of ether oxygens (including phenoxy) is 1. The SMILES string of the molecule is COc1ccc(-n2cc(C(F)F)nn2)c(CN)c1F. The summed E-state index contributed by atoms with van der Waals surface area (Å²) in [5.41, 5.74) is 5.35. The molecular weight excluding hydrogens is 261 g/mol. The molecule has 0 saturated heterocycles. The molecule has 0 radical (unpaired) electrons. The number of hydrogen-bond acceptors (Lipinski definition) is 4. The maximum absolute atomic E-state index is 14.0. The highest BCUT2D eigenvalue weighted by molar-refractivity contribution is 5.46. The Labute approximate surface area is 106 Å². The molecule has 5 nitrogen and oxygen atoms in total. The minimum atomic E-state index is -2.74. The van der Waals surface area contributed by atoms with E-state index in [0.29, 0.717) is 0 Å². The van der Waals surface area contributed by atoms with E-state index in [1.165, 1.54) is 19.2 Å². The van der Waals surface area contributed by atoms with E-state index in [9.17, 15) is 13.2 Å². The van der Waals surface area contributed by atoms with Gasteiger partial charge in [-0.25, -0.2) is 17.9 Å². The van der Waals surface area contributed by atoms with Crippen molar-refractivity contribution < 1.29 is 17.9 Å². The van der Waals surface area contributed by atoms with E-state index >= 15 is 0 Å². The fourth-order valence-electron chi connectivity index (χ4n) is 1.65. The molecule has 0 spiro atoms. The van der Waals surface area contributed by atoms with Crippen LogP contribution < -0.4 is 10.5 Å². The molecule has 0 saturated carbocycles. The van der Waals surface area contributed by atoms with Gasteiger partial charge in [0.25, 0.3) is 6.43 Å². The topological polar surface area (TPSA) is 66.0 Å². The summed E-state index contributed by atoms with van der Waals surface area (Å²) in [7, 11) is 1.32. The molecule has 2 rings (SSSR count). The van der Waals surface area contributed by atoms with Crippen molar-refractivity contribution in [3.8, 4) is 11.4 Å². The van der Waals surface area contributed by atoms with Gasteiger partial charge in [0.05, 0.1) is 19.0 Å². The van der Waals surface area contributed by atoms with E-state index in [4.69, 9.17) is 10.5 Å². The first-order chi connectivity index (χ1) is 9.08. The van der Waals surface area contributed by atoms with E-state index in [1.807, 2.05) is 0 Å². The molecule has 0 atom stereocenters.